The largest absolute Gasteiger partial charge is 0.337 e. The predicted molar refractivity (Wildman–Crippen MR) is 88.7 cm³/mol. The van der Waals surface area contributed by atoms with Gasteiger partial charge < -0.3 is 10.6 Å². The van der Waals surface area contributed by atoms with Crippen molar-refractivity contribution in [1.29, 1.82) is 0 Å². The second kappa shape index (κ2) is 6.97. The van der Waals surface area contributed by atoms with Crippen LogP contribution in [-0.4, -0.2) is 12.6 Å². The fourth-order valence-electron chi connectivity index (χ4n) is 2.80. The third-order valence-electron chi connectivity index (χ3n) is 4.02. The first kappa shape index (κ1) is 15.9. The van der Waals surface area contributed by atoms with Gasteiger partial charge in [0.15, 0.2) is 0 Å². The Labute approximate surface area is 128 Å². The molecule has 0 aromatic heterocycles. The maximum atomic E-state index is 11.8. The number of anilines is 1. The Bertz CT molecular complexity index is 453. The minimum atomic E-state index is -0.129. The quantitative estimate of drug-likeness (QED) is 0.816. The third-order valence-corrected chi connectivity index (χ3v) is 4.02. The van der Waals surface area contributed by atoms with Crippen LogP contribution in [0.3, 0.4) is 0 Å². The number of rotatable bonds is 3. The van der Waals surface area contributed by atoms with Crippen molar-refractivity contribution >= 4 is 11.7 Å². The Morgan fingerprint density at radius 2 is 1.71 bits per heavy atom. The lowest BCUT2D eigenvalue weighted by Gasteiger charge is -2.22. The zero-order chi connectivity index (χ0) is 15.3. The van der Waals surface area contributed by atoms with Crippen molar-refractivity contribution in [2.45, 2.75) is 58.8 Å². The number of amides is 2. The summed E-state index contributed by atoms with van der Waals surface area (Å²) in [4.78, 5) is 11.8. The molecule has 116 valence electrons. The lowest BCUT2D eigenvalue weighted by atomic mass is 9.84. The van der Waals surface area contributed by atoms with E-state index in [1.165, 1.54) is 37.7 Å². The summed E-state index contributed by atoms with van der Waals surface area (Å²) in [6, 6.07) is 8.22. The van der Waals surface area contributed by atoms with Gasteiger partial charge in [-0.25, -0.2) is 4.79 Å². The van der Waals surface area contributed by atoms with Crippen LogP contribution in [0, 0.1) is 5.41 Å². The van der Waals surface area contributed by atoms with Crippen LogP contribution >= 0.6 is 0 Å². The number of carbonyl (C=O) groups excluding carboxylic acids is 1. The smallest absolute Gasteiger partial charge is 0.319 e. The molecule has 0 atom stereocenters. The minimum Gasteiger partial charge on any atom is -0.337 e. The highest BCUT2D eigenvalue weighted by molar-refractivity contribution is 5.89. The standard InChI is InChI=1S/C18H28N2O/c1-18(2,3)13-19-17(21)20-16-11-9-15(10-12-16)14-7-5-4-6-8-14/h9-12,14H,4-8,13H2,1-3H3,(H2,19,20,21). The Morgan fingerprint density at radius 1 is 1.10 bits per heavy atom. The Morgan fingerprint density at radius 3 is 2.29 bits per heavy atom. The molecule has 0 heterocycles. The molecule has 0 unspecified atom stereocenters. The lowest BCUT2D eigenvalue weighted by molar-refractivity contribution is 0.247. The predicted octanol–water partition coefficient (Wildman–Crippen LogP) is 4.90. The van der Waals surface area contributed by atoms with Gasteiger partial charge in [-0.15, -0.1) is 0 Å². The van der Waals surface area contributed by atoms with Gasteiger partial charge in [0, 0.05) is 12.2 Å². The van der Waals surface area contributed by atoms with Crippen LogP contribution in [0.15, 0.2) is 24.3 Å². The van der Waals surface area contributed by atoms with Crippen molar-refractivity contribution in [2.75, 3.05) is 11.9 Å². The summed E-state index contributed by atoms with van der Waals surface area (Å²) >= 11 is 0. The van der Waals surface area contributed by atoms with E-state index in [9.17, 15) is 4.79 Å². The van der Waals surface area contributed by atoms with Gasteiger partial charge in [-0.1, -0.05) is 52.2 Å². The Kier molecular flexibility index (Phi) is 5.27. The maximum absolute atomic E-state index is 11.8. The summed E-state index contributed by atoms with van der Waals surface area (Å²) in [6.07, 6.45) is 6.68. The molecule has 0 bridgehead atoms. The maximum Gasteiger partial charge on any atom is 0.319 e. The normalized spacial score (nSPS) is 16.5. The zero-order valence-electron chi connectivity index (χ0n) is 13.5. The summed E-state index contributed by atoms with van der Waals surface area (Å²) in [5, 5.41) is 5.79. The van der Waals surface area contributed by atoms with Crippen LogP contribution in [0.2, 0.25) is 0 Å². The topological polar surface area (TPSA) is 41.1 Å². The molecular weight excluding hydrogens is 260 g/mol. The highest BCUT2D eigenvalue weighted by Gasteiger charge is 2.15. The summed E-state index contributed by atoms with van der Waals surface area (Å²) < 4.78 is 0. The molecule has 2 amide bonds. The molecule has 1 saturated carbocycles. The molecule has 1 aromatic carbocycles. The van der Waals surface area contributed by atoms with Crippen LogP contribution in [0.25, 0.3) is 0 Å². The Hall–Kier alpha value is -1.51. The monoisotopic (exact) mass is 288 g/mol. The Balaban J connectivity index is 1.85. The first-order valence-electron chi connectivity index (χ1n) is 8.09. The first-order chi connectivity index (χ1) is 9.94. The van der Waals surface area contributed by atoms with E-state index in [-0.39, 0.29) is 11.4 Å². The van der Waals surface area contributed by atoms with Gasteiger partial charge in [0.25, 0.3) is 0 Å². The van der Waals surface area contributed by atoms with Crippen molar-refractivity contribution in [1.82, 2.24) is 5.32 Å². The fourth-order valence-corrected chi connectivity index (χ4v) is 2.80. The van der Waals surface area contributed by atoms with Crippen molar-refractivity contribution in [3.63, 3.8) is 0 Å². The zero-order valence-corrected chi connectivity index (χ0v) is 13.5. The van der Waals surface area contributed by atoms with Crippen LogP contribution in [0.1, 0.15) is 64.4 Å². The van der Waals surface area contributed by atoms with Crippen LogP contribution in [-0.2, 0) is 0 Å². The van der Waals surface area contributed by atoms with Crippen molar-refractivity contribution < 1.29 is 4.79 Å². The molecule has 1 aliphatic rings. The number of hydrogen-bond donors (Lipinski definition) is 2. The molecule has 1 aliphatic carbocycles. The van der Waals surface area contributed by atoms with E-state index in [2.05, 4.69) is 43.5 Å². The second-order valence-electron chi connectivity index (χ2n) is 7.33. The lowest BCUT2D eigenvalue weighted by Crippen LogP contribution is -2.35. The fraction of sp³-hybridized carbons (Fsp3) is 0.611. The first-order valence-corrected chi connectivity index (χ1v) is 8.09. The van der Waals surface area contributed by atoms with Crippen molar-refractivity contribution in [3.05, 3.63) is 29.8 Å². The van der Waals surface area contributed by atoms with Gasteiger partial charge in [-0.05, 0) is 41.9 Å². The van der Waals surface area contributed by atoms with Gasteiger partial charge in [0.05, 0.1) is 0 Å². The molecule has 3 nitrogen and oxygen atoms in total. The van der Waals surface area contributed by atoms with E-state index < -0.39 is 0 Å². The summed E-state index contributed by atoms with van der Waals surface area (Å²) in [7, 11) is 0. The number of benzene rings is 1. The molecule has 0 aliphatic heterocycles. The van der Waals surface area contributed by atoms with Crippen LogP contribution in [0.4, 0.5) is 10.5 Å². The highest BCUT2D eigenvalue weighted by atomic mass is 16.2. The molecule has 0 spiro atoms. The van der Waals surface area contributed by atoms with Gasteiger partial charge in [-0.3, -0.25) is 0 Å². The van der Waals surface area contributed by atoms with Gasteiger partial charge >= 0.3 is 6.03 Å². The van der Waals surface area contributed by atoms with E-state index in [0.29, 0.717) is 12.5 Å². The van der Waals surface area contributed by atoms with Gasteiger partial charge in [0.1, 0.15) is 0 Å². The van der Waals surface area contributed by atoms with Gasteiger partial charge in [0.2, 0.25) is 0 Å². The number of urea groups is 1. The number of hydrogen-bond acceptors (Lipinski definition) is 1. The molecule has 0 radical (unpaired) electrons. The van der Waals surface area contributed by atoms with E-state index in [1.807, 2.05) is 12.1 Å². The molecule has 0 saturated heterocycles. The average molecular weight is 288 g/mol. The average Bonchev–Trinajstić information content (AvgIpc) is 2.46. The second-order valence-corrected chi connectivity index (χ2v) is 7.33. The van der Waals surface area contributed by atoms with Crippen LogP contribution < -0.4 is 10.6 Å². The molecule has 3 heteroatoms. The van der Waals surface area contributed by atoms with E-state index in [0.717, 1.165) is 5.69 Å². The number of nitrogens with one attached hydrogen (secondary N) is 2. The molecular formula is C18H28N2O. The van der Waals surface area contributed by atoms with E-state index in [1.54, 1.807) is 0 Å². The van der Waals surface area contributed by atoms with Crippen molar-refractivity contribution in [2.24, 2.45) is 5.41 Å². The third kappa shape index (κ3) is 5.41. The minimum absolute atomic E-state index is 0.0994. The molecule has 2 N–H and O–H groups in total. The van der Waals surface area contributed by atoms with E-state index >= 15 is 0 Å². The van der Waals surface area contributed by atoms with E-state index in [4.69, 9.17) is 0 Å². The van der Waals surface area contributed by atoms with Gasteiger partial charge in [-0.2, -0.15) is 0 Å². The molecule has 2 rings (SSSR count). The summed E-state index contributed by atoms with van der Waals surface area (Å²) in [5.74, 6) is 0.711. The SMILES string of the molecule is CC(C)(C)CNC(=O)Nc1ccc(C2CCCCC2)cc1. The highest BCUT2D eigenvalue weighted by Crippen LogP contribution is 2.32. The molecule has 21 heavy (non-hydrogen) atoms. The molecule has 1 aromatic rings. The van der Waals surface area contributed by atoms with Crippen molar-refractivity contribution in [3.8, 4) is 0 Å². The number of carbonyl (C=O) groups is 1. The summed E-state index contributed by atoms with van der Waals surface area (Å²) in [6.45, 7) is 6.98. The summed E-state index contributed by atoms with van der Waals surface area (Å²) in [5.41, 5.74) is 2.37. The molecule has 1 fully saturated rings. The van der Waals surface area contributed by atoms with Crippen LogP contribution in [0.5, 0.6) is 0 Å².